The second kappa shape index (κ2) is 6.28. The summed E-state index contributed by atoms with van der Waals surface area (Å²) in [4.78, 5) is 13.5. The predicted octanol–water partition coefficient (Wildman–Crippen LogP) is 0.893. The van der Waals surface area contributed by atoms with Gasteiger partial charge in [-0.2, -0.15) is 0 Å². The van der Waals surface area contributed by atoms with Crippen molar-refractivity contribution in [3.05, 3.63) is 36.1 Å². The first-order valence-electron chi connectivity index (χ1n) is 7.33. The van der Waals surface area contributed by atoms with E-state index in [2.05, 4.69) is 0 Å². The molecule has 21 heavy (non-hydrogen) atoms. The first-order valence-corrected chi connectivity index (χ1v) is 7.33. The molecule has 3 rings (SSSR count). The number of morpholine rings is 1. The number of quaternary nitrogens is 1. The fraction of sp³-hybridized carbons (Fsp3) is 0.438. The van der Waals surface area contributed by atoms with Crippen molar-refractivity contribution in [2.45, 2.75) is 13.0 Å². The van der Waals surface area contributed by atoms with Crippen molar-refractivity contribution < 1.29 is 23.6 Å². The number of furan rings is 1. The summed E-state index contributed by atoms with van der Waals surface area (Å²) in [6, 6.07) is 9.28. The van der Waals surface area contributed by atoms with E-state index in [1.54, 1.807) is 6.07 Å². The lowest BCUT2D eigenvalue weighted by Crippen LogP contribution is -3.15. The number of para-hydroxylation sites is 1. The molecule has 0 aliphatic carbocycles. The summed E-state index contributed by atoms with van der Waals surface area (Å²) in [7, 11) is 0. The minimum Gasteiger partial charge on any atom is -0.451 e. The quantitative estimate of drug-likeness (QED) is 0.850. The summed E-state index contributed by atoms with van der Waals surface area (Å²) in [5, 5.41) is 0.913. The number of esters is 1. The van der Waals surface area contributed by atoms with Gasteiger partial charge in [0.25, 0.3) is 0 Å². The van der Waals surface area contributed by atoms with E-state index in [1.807, 2.05) is 31.2 Å². The number of carbonyl (C=O) groups is 1. The molecule has 1 fully saturated rings. The Kier molecular flexibility index (Phi) is 4.22. The van der Waals surface area contributed by atoms with Gasteiger partial charge in [0.2, 0.25) is 5.76 Å². The molecule has 2 aromatic rings. The highest BCUT2D eigenvalue weighted by molar-refractivity contribution is 5.92. The molecule has 1 aromatic carbocycles. The third-order valence-electron chi connectivity index (χ3n) is 3.71. The molecule has 112 valence electrons. The van der Waals surface area contributed by atoms with Crippen LogP contribution in [-0.2, 0) is 9.47 Å². The van der Waals surface area contributed by atoms with Gasteiger partial charge in [-0.15, -0.1) is 0 Å². The Labute approximate surface area is 123 Å². The molecule has 0 saturated carbocycles. The number of hydrogen-bond acceptors (Lipinski definition) is 4. The summed E-state index contributed by atoms with van der Waals surface area (Å²) in [6.07, 6.45) is -0.140. The standard InChI is InChI=1S/C16H19NO4/c1-12(11-17-6-8-19-9-7-17)20-16(18)15-10-13-4-2-3-5-14(13)21-15/h2-5,10,12H,6-9,11H2,1H3/p+1/t12-/m1/s1. The molecule has 0 bridgehead atoms. The number of benzene rings is 1. The third kappa shape index (κ3) is 3.43. The molecular weight excluding hydrogens is 270 g/mol. The van der Waals surface area contributed by atoms with Crippen LogP contribution in [0.4, 0.5) is 0 Å². The smallest absolute Gasteiger partial charge is 0.374 e. The van der Waals surface area contributed by atoms with Crippen molar-refractivity contribution in [1.29, 1.82) is 0 Å². The minimum absolute atomic E-state index is 0.140. The fourth-order valence-electron chi connectivity index (χ4n) is 2.64. The van der Waals surface area contributed by atoms with E-state index in [1.165, 1.54) is 4.90 Å². The summed E-state index contributed by atoms with van der Waals surface area (Å²) in [6.45, 7) is 6.20. The van der Waals surface area contributed by atoms with Crippen LogP contribution in [0.25, 0.3) is 11.0 Å². The first kappa shape index (κ1) is 14.1. The van der Waals surface area contributed by atoms with Crippen molar-refractivity contribution in [3.63, 3.8) is 0 Å². The van der Waals surface area contributed by atoms with Crippen LogP contribution in [0.5, 0.6) is 0 Å². The van der Waals surface area contributed by atoms with Gasteiger partial charge in [-0.05, 0) is 19.1 Å². The lowest BCUT2D eigenvalue weighted by molar-refractivity contribution is -0.910. The van der Waals surface area contributed by atoms with Crippen LogP contribution < -0.4 is 4.90 Å². The normalized spacial score (nSPS) is 17.8. The zero-order chi connectivity index (χ0) is 14.7. The lowest BCUT2D eigenvalue weighted by atomic mass is 10.2. The molecule has 1 aromatic heterocycles. The molecule has 1 aliphatic rings. The van der Waals surface area contributed by atoms with Gasteiger partial charge < -0.3 is 18.8 Å². The average molecular weight is 290 g/mol. The molecule has 0 unspecified atom stereocenters. The van der Waals surface area contributed by atoms with Gasteiger partial charge in [0.1, 0.15) is 31.3 Å². The maximum Gasteiger partial charge on any atom is 0.374 e. The van der Waals surface area contributed by atoms with Crippen molar-refractivity contribution >= 4 is 16.9 Å². The van der Waals surface area contributed by atoms with Crippen LogP contribution in [0.15, 0.2) is 34.7 Å². The van der Waals surface area contributed by atoms with Gasteiger partial charge >= 0.3 is 5.97 Å². The van der Waals surface area contributed by atoms with Gasteiger partial charge in [0, 0.05) is 5.39 Å². The predicted molar refractivity (Wildman–Crippen MR) is 77.5 cm³/mol. The van der Waals surface area contributed by atoms with E-state index in [0.717, 1.165) is 38.2 Å². The molecule has 0 spiro atoms. The Bertz CT molecular complexity index is 583. The molecular formula is C16H20NO4+. The Morgan fingerprint density at radius 1 is 1.33 bits per heavy atom. The minimum atomic E-state index is -0.397. The molecule has 0 amide bonds. The maximum atomic E-state index is 12.1. The summed E-state index contributed by atoms with van der Waals surface area (Å²) >= 11 is 0. The van der Waals surface area contributed by atoms with E-state index in [9.17, 15) is 4.79 Å². The Morgan fingerprint density at radius 3 is 2.86 bits per heavy atom. The highest BCUT2D eigenvalue weighted by Crippen LogP contribution is 2.19. The molecule has 0 radical (unpaired) electrons. The van der Waals surface area contributed by atoms with Gasteiger partial charge in [-0.25, -0.2) is 4.79 Å². The van der Waals surface area contributed by atoms with Crippen molar-refractivity contribution in [3.8, 4) is 0 Å². The SMILES string of the molecule is C[C@H](C[NH+]1CCOCC1)OC(=O)c1cc2ccccc2o1. The van der Waals surface area contributed by atoms with E-state index >= 15 is 0 Å². The summed E-state index contributed by atoms with van der Waals surface area (Å²) in [5.74, 6) is -0.133. The third-order valence-corrected chi connectivity index (χ3v) is 3.71. The maximum absolute atomic E-state index is 12.1. The summed E-state index contributed by atoms with van der Waals surface area (Å²) in [5.41, 5.74) is 0.705. The first-order chi connectivity index (χ1) is 10.2. The van der Waals surface area contributed by atoms with Crippen LogP contribution in [-0.4, -0.2) is 44.9 Å². The van der Waals surface area contributed by atoms with E-state index in [0.29, 0.717) is 5.58 Å². The number of nitrogens with one attached hydrogen (secondary N) is 1. The fourth-order valence-corrected chi connectivity index (χ4v) is 2.64. The lowest BCUT2D eigenvalue weighted by Gasteiger charge is -2.25. The van der Waals surface area contributed by atoms with E-state index < -0.39 is 5.97 Å². The molecule has 5 nitrogen and oxygen atoms in total. The number of hydrogen-bond donors (Lipinski definition) is 1. The molecule has 1 atom stereocenters. The van der Waals surface area contributed by atoms with Gasteiger partial charge in [-0.1, -0.05) is 18.2 Å². The highest BCUT2D eigenvalue weighted by Gasteiger charge is 2.21. The Balaban J connectivity index is 1.59. The topological polar surface area (TPSA) is 53.1 Å². The van der Waals surface area contributed by atoms with Crippen LogP contribution in [0.1, 0.15) is 17.5 Å². The number of carbonyl (C=O) groups excluding carboxylic acids is 1. The van der Waals surface area contributed by atoms with E-state index in [4.69, 9.17) is 13.9 Å². The van der Waals surface area contributed by atoms with Crippen LogP contribution in [0, 0.1) is 0 Å². The second-order valence-corrected chi connectivity index (χ2v) is 5.43. The number of rotatable bonds is 4. The van der Waals surface area contributed by atoms with E-state index in [-0.39, 0.29) is 11.9 Å². The van der Waals surface area contributed by atoms with Gasteiger partial charge in [-0.3, -0.25) is 0 Å². The van der Waals surface area contributed by atoms with Crippen LogP contribution >= 0.6 is 0 Å². The average Bonchev–Trinajstić information content (AvgIpc) is 2.92. The Hall–Kier alpha value is -1.85. The zero-order valence-electron chi connectivity index (χ0n) is 12.1. The van der Waals surface area contributed by atoms with Crippen molar-refractivity contribution in [2.75, 3.05) is 32.8 Å². The van der Waals surface area contributed by atoms with Crippen molar-refractivity contribution in [2.24, 2.45) is 0 Å². The molecule has 2 heterocycles. The largest absolute Gasteiger partial charge is 0.451 e. The van der Waals surface area contributed by atoms with Crippen LogP contribution in [0.3, 0.4) is 0 Å². The molecule has 5 heteroatoms. The van der Waals surface area contributed by atoms with Crippen LogP contribution in [0.2, 0.25) is 0 Å². The van der Waals surface area contributed by atoms with Gasteiger partial charge in [0.15, 0.2) is 0 Å². The van der Waals surface area contributed by atoms with Gasteiger partial charge in [0.05, 0.1) is 13.2 Å². The second-order valence-electron chi connectivity index (χ2n) is 5.43. The molecule has 1 aliphatic heterocycles. The van der Waals surface area contributed by atoms with Crippen molar-refractivity contribution in [1.82, 2.24) is 0 Å². The molecule has 1 N–H and O–H groups in total. The zero-order valence-corrected chi connectivity index (χ0v) is 12.1. The molecule has 1 saturated heterocycles. The number of ether oxygens (including phenoxy) is 2. The highest BCUT2D eigenvalue weighted by atomic mass is 16.6. The monoisotopic (exact) mass is 290 g/mol. The summed E-state index contributed by atoms with van der Waals surface area (Å²) < 4.78 is 16.3. The number of fused-ring (bicyclic) bond motifs is 1. The Morgan fingerprint density at radius 2 is 2.10 bits per heavy atom.